The summed E-state index contributed by atoms with van der Waals surface area (Å²) in [5, 5.41) is 6.10. The second-order valence-electron chi connectivity index (χ2n) is 6.35. The van der Waals surface area contributed by atoms with E-state index in [0.29, 0.717) is 26.4 Å². The van der Waals surface area contributed by atoms with Gasteiger partial charge < -0.3 is 0 Å². The predicted molar refractivity (Wildman–Crippen MR) is 95.3 cm³/mol. The van der Waals surface area contributed by atoms with Crippen LogP contribution in [-0.4, -0.2) is 26.6 Å². The van der Waals surface area contributed by atoms with Crippen LogP contribution < -0.4 is 5.56 Å². The summed E-state index contributed by atoms with van der Waals surface area (Å²) in [5.41, 5.74) is 1.45. The molecule has 1 aromatic carbocycles. The first-order valence-electron chi connectivity index (χ1n) is 7.92. The molecule has 2 aromatic heterocycles. The van der Waals surface area contributed by atoms with Crippen LogP contribution in [0.5, 0.6) is 0 Å². The van der Waals surface area contributed by atoms with Gasteiger partial charge in [-0.15, -0.1) is 0 Å². The van der Waals surface area contributed by atoms with Gasteiger partial charge in [0.15, 0.2) is 0 Å². The molecule has 0 saturated heterocycles. The Hall–Kier alpha value is -1.25. The molecular formula is C17H18AsClN2O2. The van der Waals surface area contributed by atoms with Crippen molar-refractivity contribution in [1.82, 2.24) is 9.72 Å². The fraction of sp³-hybridized carbons (Fsp3) is 0.412. The van der Waals surface area contributed by atoms with Gasteiger partial charge in [-0.25, -0.2) is 0 Å². The van der Waals surface area contributed by atoms with Crippen LogP contribution in [0, 0.1) is 6.92 Å². The van der Waals surface area contributed by atoms with Crippen molar-refractivity contribution in [2.75, 3.05) is 0 Å². The fourth-order valence-corrected chi connectivity index (χ4v) is 5.18. The van der Waals surface area contributed by atoms with E-state index in [4.69, 9.17) is 16.1 Å². The molecule has 1 aliphatic rings. The number of benzene rings is 1. The van der Waals surface area contributed by atoms with Gasteiger partial charge in [-0.2, -0.15) is 0 Å². The van der Waals surface area contributed by atoms with Crippen molar-refractivity contribution in [1.29, 1.82) is 0 Å². The van der Waals surface area contributed by atoms with Gasteiger partial charge in [-0.05, 0) is 0 Å². The second kappa shape index (κ2) is 5.68. The summed E-state index contributed by atoms with van der Waals surface area (Å²) in [6, 6.07) is 5.94. The molecule has 1 aliphatic carbocycles. The maximum atomic E-state index is 13.2. The number of rotatable bonds is 1. The Labute approximate surface area is 147 Å². The zero-order chi connectivity index (χ0) is 16.1. The number of nitrogens with zero attached hydrogens (tertiary/aromatic N) is 2. The summed E-state index contributed by atoms with van der Waals surface area (Å²) in [6.07, 6.45) is 4.52. The van der Waals surface area contributed by atoms with Crippen LogP contribution in [0.3, 0.4) is 0 Å². The van der Waals surface area contributed by atoms with Gasteiger partial charge in [0.25, 0.3) is 0 Å². The predicted octanol–water partition coefficient (Wildman–Crippen LogP) is 3.64. The van der Waals surface area contributed by atoms with E-state index in [1.165, 1.54) is 12.8 Å². The van der Waals surface area contributed by atoms with E-state index in [2.05, 4.69) is 5.16 Å². The van der Waals surface area contributed by atoms with Gasteiger partial charge >= 0.3 is 147 Å². The van der Waals surface area contributed by atoms with E-state index >= 15 is 0 Å². The van der Waals surface area contributed by atoms with Crippen LogP contribution in [0.25, 0.3) is 21.8 Å². The molecule has 23 heavy (non-hydrogen) atoms. The molecule has 1 saturated carbocycles. The summed E-state index contributed by atoms with van der Waals surface area (Å²) in [7, 11) is 0. The molecule has 0 N–H and O–H groups in total. The van der Waals surface area contributed by atoms with Crippen LogP contribution in [0.15, 0.2) is 27.5 Å². The van der Waals surface area contributed by atoms with Crippen molar-refractivity contribution in [3.63, 3.8) is 0 Å². The van der Waals surface area contributed by atoms with Crippen molar-refractivity contribution in [2.45, 2.75) is 43.4 Å². The number of hydrogen-bond acceptors (Lipinski definition) is 3. The zero-order valence-corrected chi connectivity index (χ0v) is 16.1. The van der Waals surface area contributed by atoms with Crippen molar-refractivity contribution in [3.8, 4) is 0 Å². The zero-order valence-electron chi connectivity index (χ0n) is 12.9. The molecule has 0 aliphatic heterocycles. The monoisotopic (exact) mass is 392 g/mol. The maximum absolute atomic E-state index is 13.2. The quantitative estimate of drug-likeness (QED) is 0.594. The SMILES string of the molecule is Cc1onc2c1c(=O)n(C1CCCC([AsH2])C1)c1cccc(Cl)c21. The average Bonchev–Trinajstić information content (AvgIpc) is 2.90. The van der Waals surface area contributed by atoms with Gasteiger partial charge in [-0.1, -0.05) is 0 Å². The van der Waals surface area contributed by atoms with E-state index in [9.17, 15) is 4.79 Å². The van der Waals surface area contributed by atoms with Gasteiger partial charge in [0.2, 0.25) is 0 Å². The van der Waals surface area contributed by atoms with Crippen LogP contribution >= 0.6 is 11.6 Å². The molecule has 2 heterocycles. The molecular weight excluding hydrogens is 375 g/mol. The van der Waals surface area contributed by atoms with Crippen molar-refractivity contribution >= 4 is 50.3 Å². The fourth-order valence-electron chi connectivity index (χ4n) is 3.77. The van der Waals surface area contributed by atoms with Gasteiger partial charge in [0, 0.05) is 0 Å². The first kappa shape index (κ1) is 15.3. The molecule has 0 amide bonds. The number of aryl methyl sites for hydroxylation is 1. The number of aromatic nitrogens is 2. The minimum absolute atomic E-state index is 0.000108. The van der Waals surface area contributed by atoms with Gasteiger partial charge in [0.05, 0.1) is 0 Å². The molecule has 0 radical (unpaired) electrons. The molecule has 3 aromatic rings. The van der Waals surface area contributed by atoms with Crippen LogP contribution in [0.1, 0.15) is 37.5 Å². The summed E-state index contributed by atoms with van der Waals surface area (Å²) in [4.78, 5) is 13.2. The van der Waals surface area contributed by atoms with E-state index in [1.54, 1.807) is 23.8 Å². The second-order valence-corrected chi connectivity index (χ2v) is 8.74. The molecule has 120 valence electrons. The average molecular weight is 393 g/mol. The van der Waals surface area contributed by atoms with Crippen LogP contribution in [-0.2, 0) is 0 Å². The Balaban J connectivity index is 2.12. The Bertz CT molecular complexity index is 963. The molecule has 3 unspecified atom stereocenters. The number of halogens is 1. The first-order valence-corrected chi connectivity index (χ1v) is 9.70. The van der Waals surface area contributed by atoms with Gasteiger partial charge in [0.1, 0.15) is 0 Å². The summed E-state index contributed by atoms with van der Waals surface area (Å²) >= 11 is 8.22. The minimum atomic E-state index is 0.000108. The molecule has 4 rings (SSSR count). The summed E-state index contributed by atoms with van der Waals surface area (Å²) in [5.74, 6) is 0.564. The third-order valence-electron chi connectivity index (χ3n) is 4.84. The Morgan fingerprint density at radius 3 is 2.96 bits per heavy atom. The topological polar surface area (TPSA) is 48.0 Å². The van der Waals surface area contributed by atoms with Crippen molar-refractivity contribution in [3.05, 3.63) is 39.3 Å². The van der Waals surface area contributed by atoms with E-state index < -0.39 is 0 Å². The molecule has 4 nitrogen and oxygen atoms in total. The Morgan fingerprint density at radius 1 is 1.35 bits per heavy atom. The Kier molecular flexibility index (Phi) is 3.77. The van der Waals surface area contributed by atoms with E-state index in [-0.39, 0.29) is 11.6 Å². The number of hydrogen-bond donors (Lipinski definition) is 0. The van der Waals surface area contributed by atoms with Crippen LogP contribution in [0.4, 0.5) is 0 Å². The molecule has 0 bridgehead atoms. The third-order valence-corrected chi connectivity index (χ3v) is 6.42. The summed E-state index contributed by atoms with van der Waals surface area (Å²) in [6.45, 7) is 1.79. The van der Waals surface area contributed by atoms with E-state index in [0.717, 1.165) is 23.7 Å². The van der Waals surface area contributed by atoms with Crippen molar-refractivity contribution < 1.29 is 4.52 Å². The molecule has 3 atom stereocenters. The Morgan fingerprint density at radius 2 is 2.17 bits per heavy atom. The van der Waals surface area contributed by atoms with Crippen LogP contribution in [0.2, 0.25) is 9.73 Å². The van der Waals surface area contributed by atoms with Crippen molar-refractivity contribution in [2.24, 2.45) is 0 Å². The first-order chi connectivity index (χ1) is 11.1. The number of fused-ring (bicyclic) bond motifs is 3. The number of pyridine rings is 1. The van der Waals surface area contributed by atoms with E-state index in [1.807, 2.05) is 22.8 Å². The summed E-state index contributed by atoms with van der Waals surface area (Å²) < 4.78 is 7.94. The molecule has 0 spiro atoms. The standard InChI is InChI=1S/C17H18AsClN2O2/c1-9-14-16(20-23-9)15-12(19)6-3-7-13(15)21(17(14)22)11-5-2-4-10(18)8-11/h3,6-7,10-11H,2,4-5,8,18H2,1H3. The molecule has 1 fully saturated rings. The van der Waals surface area contributed by atoms with Gasteiger partial charge in [-0.3, -0.25) is 0 Å². The third kappa shape index (κ3) is 2.35. The molecule has 6 heteroatoms. The normalized spacial score (nSPS) is 22.0.